The molecule has 0 aliphatic heterocycles. The van der Waals surface area contributed by atoms with Crippen LogP contribution < -0.4 is 11.1 Å². The molecule has 4 N–H and O–H groups in total. The van der Waals surface area contributed by atoms with E-state index in [0.29, 0.717) is 6.04 Å². The third-order valence-electron chi connectivity index (χ3n) is 3.55. The molecule has 7 heteroatoms. The van der Waals surface area contributed by atoms with Gasteiger partial charge in [-0.2, -0.15) is 13.2 Å². The van der Waals surface area contributed by atoms with Crippen LogP contribution in [-0.4, -0.2) is 17.7 Å². The van der Waals surface area contributed by atoms with E-state index in [1.807, 2.05) is 0 Å². The fraction of sp³-hybridized carbons (Fsp3) is 0.538. The Hall–Kier alpha value is -0.980. The van der Waals surface area contributed by atoms with Gasteiger partial charge in [-0.25, -0.2) is 0 Å². The number of nitrogens with two attached hydrogens (primary N) is 1. The highest BCUT2D eigenvalue weighted by atomic mass is 35.5. The van der Waals surface area contributed by atoms with Gasteiger partial charge in [0.05, 0.1) is 22.4 Å². The van der Waals surface area contributed by atoms with E-state index in [2.05, 4.69) is 5.32 Å². The number of alkyl halides is 3. The molecular weight excluding hydrogens is 293 g/mol. The fourth-order valence-corrected chi connectivity index (χ4v) is 2.30. The molecule has 1 aromatic rings. The summed E-state index contributed by atoms with van der Waals surface area (Å²) in [4.78, 5) is 0. The first-order valence-corrected chi connectivity index (χ1v) is 6.74. The number of halogens is 4. The zero-order valence-corrected chi connectivity index (χ0v) is 11.4. The Morgan fingerprint density at radius 3 is 2.55 bits per heavy atom. The summed E-state index contributed by atoms with van der Waals surface area (Å²) >= 11 is 5.71. The summed E-state index contributed by atoms with van der Waals surface area (Å²) in [6.07, 6.45) is -2.44. The third kappa shape index (κ3) is 3.37. The zero-order valence-electron chi connectivity index (χ0n) is 10.7. The van der Waals surface area contributed by atoms with E-state index < -0.39 is 23.5 Å². The van der Waals surface area contributed by atoms with Crippen LogP contribution in [0.25, 0.3) is 0 Å². The van der Waals surface area contributed by atoms with Crippen LogP contribution >= 0.6 is 11.6 Å². The van der Waals surface area contributed by atoms with E-state index >= 15 is 0 Å². The first-order chi connectivity index (χ1) is 9.29. The molecule has 2 rings (SSSR count). The Labute approximate surface area is 119 Å². The summed E-state index contributed by atoms with van der Waals surface area (Å²) in [6.45, 7) is 0.197. The molecule has 1 aromatic carbocycles. The Bertz CT molecular complexity index is 489. The number of aliphatic hydroxyl groups excluding tert-OH is 1. The van der Waals surface area contributed by atoms with Gasteiger partial charge in [0.15, 0.2) is 0 Å². The molecular formula is C13H16ClF3N2O. The van der Waals surface area contributed by atoms with Gasteiger partial charge < -0.3 is 16.2 Å². The van der Waals surface area contributed by atoms with Gasteiger partial charge in [0, 0.05) is 12.6 Å². The van der Waals surface area contributed by atoms with Crippen LogP contribution in [0.15, 0.2) is 12.1 Å². The van der Waals surface area contributed by atoms with Crippen molar-refractivity contribution in [2.24, 2.45) is 0 Å². The Morgan fingerprint density at radius 1 is 1.40 bits per heavy atom. The molecule has 1 aliphatic rings. The number of hydrogen-bond acceptors (Lipinski definition) is 3. The highest BCUT2D eigenvalue weighted by Crippen LogP contribution is 2.38. The maximum absolute atomic E-state index is 12.8. The van der Waals surface area contributed by atoms with Gasteiger partial charge in [0.25, 0.3) is 0 Å². The lowest BCUT2D eigenvalue weighted by atomic mass is 9.93. The number of rotatable bonds is 4. The smallest absolute Gasteiger partial charge is 0.397 e. The van der Waals surface area contributed by atoms with E-state index in [9.17, 15) is 18.3 Å². The number of aliphatic hydroxyl groups is 1. The van der Waals surface area contributed by atoms with Crippen molar-refractivity contribution in [2.75, 3.05) is 12.3 Å². The molecule has 0 aromatic heterocycles. The van der Waals surface area contributed by atoms with E-state index in [-0.39, 0.29) is 17.1 Å². The molecule has 1 saturated carbocycles. The average Bonchev–Trinajstić information content (AvgIpc) is 2.28. The minimum atomic E-state index is -4.59. The van der Waals surface area contributed by atoms with Crippen molar-refractivity contribution in [3.05, 3.63) is 28.3 Å². The Kier molecular flexibility index (Phi) is 4.46. The first-order valence-electron chi connectivity index (χ1n) is 6.36. The van der Waals surface area contributed by atoms with Crippen LogP contribution in [0.2, 0.25) is 5.02 Å². The normalized spacial score (nSPS) is 17.9. The molecule has 0 bridgehead atoms. The maximum Gasteiger partial charge on any atom is 0.418 e. The summed E-state index contributed by atoms with van der Waals surface area (Å²) < 4.78 is 38.4. The third-order valence-corrected chi connectivity index (χ3v) is 3.86. The van der Waals surface area contributed by atoms with Crippen molar-refractivity contribution in [3.8, 4) is 0 Å². The second-order valence-electron chi connectivity index (χ2n) is 5.01. The number of anilines is 1. The van der Waals surface area contributed by atoms with Crippen molar-refractivity contribution in [1.29, 1.82) is 0 Å². The summed E-state index contributed by atoms with van der Waals surface area (Å²) in [5.74, 6) is 0. The van der Waals surface area contributed by atoms with Crippen LogP contribution in [0, 0.1) is 0 Å². The molecule has 20 heavy (non-hydrogen) atoms. The van der Waals surface area contributed by atoms with Crippen molar-refractivity contribution < 1.29 is 18.3 Å². The minimum Gasteiger partial charge on any atom is -0.397 e. The van der Waals surface area contributed by atoms with E-state index in [1.54, 1.807) is 0 Å². The van der Waals surface area contributed by atoms with Gasteiger partial charge in [-0.05, 0) is 30.5 Å². The Balaban J connectivity index is 2.16. The predicted molar refractivity (Wildman–Crippen MR) is 71.5 cm³/mol. The molecule has 0 amide bonds. The van der Waals surface area contributed by atoms with Crippen LogP contribution in [0.1, 0.15) is 36.5 Å². The van der Waals surface area contributed by atoms with Gasteiger partial charge in [-0.15, -0.1) is 0 Å². The highest BCUT2D eigenvalue weighted by Gasteiger charge is 2.34. The second-order valence-corrected chi connectivity index (χ2v) is 5.42. The lowest BCUT2D eigenvalue weighted by molar-refractivity contribution is -0.137. The quantitative estimate of drug-likeness (QED) is 0.749. The number of nitrogens with one attached hydrogen (secondary N) is 1. The van der Waals surface area contributed by atoms with E-state index in [4.69, 9.17) is 17.3 Å². The maximum atomic E-state index is 12.8. The SMILES string of the molecule is Nc1c(Cl)cc(C(O)CNC2CCC2)cc1C(F)(F)F. The molecule has 1 unspecified atom stereocenters. The minimum absolute atomic E-state index is 0.114. The van der Waals surface area contributed by atoms with Crippen LogP contribution in [0.4, 0.5) is 18.9 Å². The number of hydrogen-bond donors (Lipinski definition) is 3. The molecule has 112 valence electrons. The van der Waals surface area contributed by atoms with Gasteiger partial charge in [0.2, 0.25) is 0 Å². The second kappa shape index (κ2) is 5.79. The topological polar surface area (TPSA) is 58.3 Å². The fourth-order valence-electron chi connectivity index (χ4n) is 2.07. The van der Waals surface area contributed by atoms with Gasteiger partial charge >= 0.3 is 6.18 Å². The largest absolute Gasteiger partial charge is 0.418 e. The summed E-state index contributed by atoms with van der Waals surface area (Å²) in [5.41, 5.74) is 3.93. The molecule has 1 fully saturated rings. The molecule has 0 spiro atoms. The lowest BCUT2D eigenvalue weighted by Gasteiger charge is -2.28. The van der Waals surface area contributed by atoms with Crippen LogP contribution in [-0.2, 0) is 6.18 Å². The monoisotopic (exact) mass is 308 g/mol. The summed E-state index contributed by atoms with van der Waals surface area (Å²) in [6, 6.07) is 2.48. The predicted octanol–water partition coefficient (Wildman–Crippen LogP) is 3.12. The lowest BCUT2D eigenvalue weighted by Crippen LogP contribution is -2.37. The standard InChI is InChI=1S/C13H16ClF3N2O/c14-10-5-7(4-9(12(10)18)13(15,16)17)11(20)6-19-8-2-1-3-8/h4-5,8,11,19-20H,1-3,6,18H2. The molecule has 0 heterocycles. The zero-order chi connectivity index (χ0) is 14.9. The highest BCUT2D eigenvalue weighted by molar-refractivity contribution is 6.33. The van der Waals surface area contributed by atoms with Crippen molar-refractivity contribution >= 4 is 17.3 Å². The van der Waals surface area contributed by atoms with Gasteiger partial charge in [-0.1, -0.05) is 18.0 Å². The van der Waals surface area contributed by atoms with Crippen molar-refractivity contribution in [3.63, 3.8) is 0 Å². The molecule has 1 aliphatic carbocycles. The van der Waals surface area contributed by atoms with Crippen LogP contribution in [0.5, 0.6) is 0 Å². The first kappa shape index (κ1) is 15.4. The summed E-state index contributed by atoms with van der Waals surface area (Å²) in [7, 11) is 0. The van der Waals surface area contributed by atoms with Crippen molar-refractivity contribution in [2.45, 2.75) is 37.6 Å². The molecule has 0 saturated heterocycles. The summed E-state index contributed by atoms with van der Waals surface area (Å²) in [5, 5.41) is 12.9. The van der Waals surface area contributed by atoms with Crippen LogP contribution in [0.3, 0.4) is 0 Å². The average molecular weight is 309 g/mol. The number of nitrogen functional groups attached to an aromatic ring is 1. The van der Waals surface area contributed by atoms with E-state index in [1.165, 1.54) is 6.07 Å². The molecule has 3 nitrogen and oxygen atoms in total. The number of benzene rings is 1. The van der Waals surface area contributed by atoms with E-state index in [0.717, 1.165) is 25.3 Å². The van der Waals surface area contributed by atoms with Crippen molar-refractivity contribution in [1.82, 2.24) is 5.32 Å². The Morgan fingerprint density at radius 2 is 2.05 bits per heavy atom. The molecule has 0 radical (unpaired) electrons. The van der Waals surface area contributed by atoms with Gasteiger partial charge in [0.1, 0.15) is 0 Å². The van der Waals surface area contributed by atoms with Gasteiger partial charge in [-0.3, -0.25) is 0 Å². The molecule has 1 atom stereocenters.